The van der Waals surface area contributed by atoms with Gasteiger partial charge in [-0.3, -0.25) is 4.57 Å². The summed E-state index contributed by atoms with van der Waals surface area (Å²) < 4.78 is 47.6. The first-order valence-corrected chi connectivity index (χ1v) is 15.4. The topological polar surface area (TPSA) is 95.7 Å². The number of furan rings is 1. The van der Waals surface area contributed by atoms with Gasteiger partial charge in [0.15, 0.2) is 0 Å². The highest BCUT2D eigenvalue weighted by molar-refractivity contribution is 7.53. The summed E-state index contributed by atoms with van der Waals surface area (Å²) in [5.74, 6) is 2.35. The van der Waals surface area contributed by atoms with Gasteiger partial charge in [-0.05, 0) is 79.1 Å². The maximum Gasteiger partial charge on any atom is 0.330 e. The van der Waals surface area contributed by atoms with Crippen LogP contribution in [0, 0.1) is 5.82 Å². The number of benzene rings is 3. The van der Waals surface area contributed by atoms with Gasteiger partial charge >= 0.3 is 7.60 Å². The molecule has 0 aliphatic heterocycles. The highest BCUT2D eigenvalue weighted by Gasteiger charge is 2.20. The molecule has 2 heterocycles. The van der Waals surface area contributed by atoms with E-state index in [1.54, 1.807) is 24.3 Å². The number of anilines is 2. The Morgan fingerprint density at radius 3 is 2.62 bits per heavy atom. The van der Waals surface area contributed by atoms with Crippen molar-refractivity contribution in [3.8, 4) is 17.1 Å². The zero-order valence-electron chi connectivity index (χ0n) is 23.2. The molecule has 0 aliphatic rings. The van der Waals surface area contributed by atoms with Crippen LogP contribution < -0.4 is 10.1 Å². The molecule has 8 nitrogen and oxygen atoms in total. The lowest BCUT2D eigenvalue weighted by Crippen LogP contribution is -1.99. The lowest BCUT2D eigenvalue weighted by Gasteiger charge is -2.12. The molecule has 11 heteroatoms. The first kappa shape index (κ1) is 29.7. The third-order valence-electron chi connectivity index (χ3n) is 6.72. The van der Waals surface area contributed by atoms with Crippen molar-refractivity contribution in [3.63, 3.8) is 0 Å². The first-order valence-electron chi connectivity index (χ1n) is 13.3. The number of fused-ring (bicyclic) bond motifs is 1. The van der Waals surface area contributed by atoms with Gasteiger partial charge in [-0.25, -0.2) is 14.4 Å². The van der Waals surface area contributed by atoms with Gasteiger partial charge in [-0.15, -0.1) is 0 Å². The molecule has 0 fully saturated rings. The molecule has 5 rings (SSSR count). The standard InChI is InChI=1S/C31H30ClFN3O5P/c1-38-42(37,39-2)15-4-3-8-25-11-14-29(41-25)22-9-12-28-26(17-22)31(35-20-34-28)36-24-10-13-30(27(32)18-24)40-19-21-6-5-7-23(33)16-21/h5-7,9-14,16-18,20H,3-4,8,15,19H2,1-2H3,(H,34,35,36). The molecule has 0 saturated carbocycles. The van der Waals surface area contributed by atoms with E-state index in [1.165, 1.54) is 32.7 Å². The van der Waals surface area contributed by atoms with E-state index in [4.69, 9.17) is 29.8 Å². The van der Waals surface area contributed by atoms with Gasteiger partial charge in [0.2, 0.25) is 0 Å². The molecular weight excluding hydrogens is 580 g/mol. The van der Waals surface area contributed by atoms with Gasteiger partial charge in [0.25, 0.3) is 0 Å². The molecule has 0 amide bonds. The highest BCUT2D eigenvalue weighted by atomic mass is 35.5. The molecule has 0 bridgehead atoms. The Bertz CT molecular complexity index is 1720. The van der Waals surface area contributed by atoms with Gasteiger partial charge in [-0.2, -0.15) is 0 Å². The van der Waals surface area contributed by atoms with Crippen LogP contribution in [0.5, 0.6) is 5.75 Å². The molecule has 3 aromatic carbocycles. The number of hydrogen-bond donors (Lipinski definition) is 1. The lowest BCUT2D eigenvalue weighted by atomic mass is 10.1. The van der Waals surface area contributed by atoms with Crippen molar-refractivity contribution in [3.05, 3.63) is 101 Å². The molecule has 42 heavy (non-hydrogen) atoms. The third kappa shape index (κ3) is 7.36. The molecule has 0 radical (unpaired) electrons. The fourth-order valence-corrected chi connectivity index (χ4v) is 5.82. The van der Waals surface area contributed by atoms with Crippen LogP contribution in [0.1, 0.15) is 24.2 Å². The summed E-state index contributed by atoms with van der Waals surface area (Å²) >= 11 is 6.49. The Hall–Kier alpha value is -3.75. The van der Waals surface area contributed by atoms with Crippen LogP contribution in [0.25, 0.3) is 22.2 Å². The van der Waals surface area contributed by atoms with E-state index in [1.807, 2.05) is 36.4 Å². The SMILES string of the molecule is COP(=O)(CCCCc1ccc(-c2ccc3ncnc(Nc4ccc(OCc5cccc(F)c5)c(Cl)c4)c3c2)o1)OC. The van der Waals surface area contributed by atoms with Crippen molar-refractivity contribution in [1.29, 1.82) is 0 Å². The number of ether oxygens (including phenoxy) is 1. The van der Waals surface area contributed by atoms with Crippen LogP contribution in [-0.2, 0) is 26.6 Å². The van der Waals surface area contributed by atoms with E-state index >= 15 is 0 Å². The van der Waals surface area contributed by atoms with Gasteiger partial charge in [-0.1, -0.05) is 23.7 Å². The monoisotopic (exact) mass is 609 g/mol. The van der Waals surface area contributed by atoms with E-state index in [2.05, 4.69) is 15.3 Å². The Balaban J connectivity index is 1.26. The molecule has 0 unspecified atom stereocenters. The summed E-state index contributed by atoms with van der Waals surface area (Å²) in [7, 11) is -0.193. The number of aromatic nitrogens is 2. The van der Waals surface area contributed by atoms with Crippen molar-refractivity contribution >= 4 is 41.6 Å². The average molecular weight is 610 g/mol. The molecule has 0 atom stereocenters. The molecule has 1 N–H and O–H groups in total. The Kier molecular flexibility index (Phi) is 9.55. The number of rotatable bonds is 13. The van der Waals surface area contributed by atoms with Crippen LogP contribution in [0.3, 0.4) is 0 Å². The van der Waals surface area contributed by atoms with Crippen LogP contribution in [-0.4, -0.2) is 30.3 Å². The summed E-state index contributed by atoms with van der Waals surface area (Å²) in [4.78, 5) is 8.86. The number of halogens is 2. The van der Waals surface area contributed by atoms with Crippen LogP contribution in [0.4, 0.5) is 15.9 Å². The number of unbranched alkanes of at least 4 members (excludes halogenated alkanes) is 1. The Morgan fingerprint density at radius 2 is 1.83 bits per heavy atom. The number of nitrogens with one attached hydrogen (secondary N) is 1. The number of aryl methyl sites for hydroxylation is 1. The van der Waals surface area contributed by atoms with Crippen LogP contribution in [0.2, 0.25) is 5.02 Å². The molecule has 0 saturated heterocycles. The molecule has 2 aromatic heterocycles. The van der Waals surface area contributed by atoms with Gasteiger partial charge < -0.3 is 23.5 Å². The number of nitrogens with zero attached hydrogens (tertiary/aromatic N) is 2. The predicted octanol–water partition coefficient (Wildman–Crippen LogP) is 8.81. The summed E-state index contributed by atoms with van der Waals surface area (Å²) in [6, 6.07) is 21.3. The van der Waals surface area contributed by atoms with Gasteiger partial charge in [0, 0.05) is 37.3 Å². The Labute approximate surface area is 248 Å². The average Bonchev–Trinajstić information content (AvgIpc) is 3.48. The fraction of sp³-hybridized carbons (Fsp3) is 0.226. The molecule has 5 aromatic rings. The first-order chi connectivity index (χ1) is 20.4. The van der Waals surface area contributed by atoms with E-state index < -0.39 is 7.60 Å². The molecular formula is C31H30ClFN3O5P. The zero-order valence-corrected chi connectivity index (χ0v) is 24.8. The smallest absolute Gasteiger partial charge is 0.330 e. The molecule has 0 spiro atoms. The van der Waals surface area contributed by atoms with Gasteiger partial charge in [0.05, 0.1) is 16.7 Å². The second kappa shape index (κ2) is 13.5. The number of hydrogen-bond acceptors (Lipinski definition) is 8. The molecule has 218 valence electrons. The van der Waals surface area contributed by atoms with Gasteiger partial charge in [0.1, 0.15) is 41.8 Å². The van der Waals surface area contributed by atoms with E-state index in [9.17, 15) is 8.96 Å². The van der Waals surface area contributed by atoms with Crippen LogP contribution in [0.15, 0.2) is 83.5 Å². The van der Waals surface area contributed by atoms with E-state index in [0.29, 0.717) is 41.2 Å². The molecule has 0 aliphatic carbocycles. The highest BCUT2D eigenvalue weighted by Crippen LogP contribution is 2.47. The van der Waals surface area contributed by atoms with E-state index in [-0.39, 0.29) is 12.4 Å². The van der Waals surface area contributed by atoms with E-state index in [0.717, 1.165) is 40.1 Å². The van der Waals surface area contributed by atoms with Crippen LogP contribution >= 0.6 is 19.2 Å². The third-order valence-corrected chi connectivity index (χ3v) is 8.99. The summed E-state index contributed by atoms with van der Waals surface area (Å²) in [5, 5.41) is 4.54. The summed E-state index contributed by atoms with van der Waals surface area (Å²) in [6.45, 7) is 0.196. The predicted molar refractivity (Wildman–Crippen MR) is 162 cm³/mol. The van der Waals surface area contributed by atoms with Crippen molar-refractivity contribution < 1.29 is 27.2 Å². The quantitative estimate of drug-likeness (QED) is 0.104. The minimum atomic E-state index is -2.99. The lowest BCUT2D eigenvalue weighted by molar-refractivity contribution is 0.275. The van der Waals surface area contributed by atoms with Crippen molar-refractivity contribution in [1.82, 2.24) is 9.97 Å². The van der Waals surface area contributed by atoms with Crippen molar-refractivity contribution in [2.24, 2.45) is 0 Å². The summed E-state index contributed by atoms with van der Waals surface area (Å²) in [6.07, 6.45) is 4.06. The zero-order chi connectivity index (χ0) is 29.5. The minimum Gasteiger partial charge on any atom is -0.487 e. The second-order valence-corrected chi connectivity index (χ2v) is 12.4. The Morgan fingerprint density at radius 1 is 0.976 bits per heavy atom. The summed E-state index contributed by atoms with van der Waals surface area (Å²) in [5.41, 5.74) is 3.08. The van der Waals surface area contributed by atoms with Crippen molar-refractivity contribution in [2.75, 3.05) is 25.7 Å². The maximum atomic E-state index is 13.5. The fourth-order valence-electron chi connectivity index (χ4n) is 4.46. The second-order valence-electron chi connectivity index (χ2n) is 9.57. The minimum absolute atomic E-state index is 0.196. The maximum absolute atomic E-state index is 13.5. The van der Waals surface area contributed by atoms with Crippen molar-refractivity contribution in [2.45, 2.75) is 25.9 Å². The largest absolute Gasteiger partial charge is 0.487 e. The normalized spacial score (nSPS) is 11.6.